The second kappa shape index (κ2) is 9.37. The van der Waals surface area contributed by atoms with Crippen molar-refractivity contribution in [3.63, 3.8) is 0 Å². The Morgan fingerprint density at radius 1 is 1.18 bits per heavy atom. The predicted molar refractivity (Wildman–Crippen MR) is 109 cm³/mol. The first-order valence-corrected chi connectivity index (χ1v) is 9.59. The number of carbonyl (C=O) groups is 1. The van der Waals surface area contributed by atoms with Gasteiger partial charge in [0.25, 0.3) is 5.91 Å². The van der Waals surface area contributed by atoms with Crippen molar-refractivity contribution in [2.24, 2.45) is 0 Å². The molecule has 1 aromatic carbocycles. The number of fused-ring (bicyclic) bond motifs is 1. The summed E-state index contributed by atoms with van der Waals surface area (Å²) >= 11 is 0. The second-order valence-electron chi connectivity index (χ2n) is 7.02. The molecule has 148 valence electrons. The van der Waals surface area contributed by atoms with Crippen molar-refractivity contribution in [1.82, 2.24) is 14.7 Å². The van der Waals surface area contributed by atoms with Crippen molar-refractivity contribution in [1.29, 1.82) is 0 Å². The second-order valence-corrected chi connectivity index (χ2v) is 7.02. The molecule has 0 radical (unpaired) electrons. The molecule has 0 saturated heterocycles. The summed E-state index contributed by atoms with van der Waals surface area (Å²) in [6.45, 7) is 7.52. The van der Waals surface area contributed by atoms with Crippen molar-refractivity contribution < 1.29 is 14.3 Å². The third-order valence-corrected chi connectivity index (χ3v) is 4.21. The number of aromatic nitrogens is 2. The number of aryl methyl sites for hydroxylation is 1. The zero-order valence-corrected chi connectivity index (χ0v) is 16.6. The highest BCUT2D eigenvalue weighted by atomic mass is 16.5. The lowest BCUT2D eigenvalue weighted by Gasteiger charge is -2.11. The minimum absolute atomic E-state index is 0.147. The molecule has 3 rings (SSSR count). The van der Waals surface area contributed by atoms with Gasteiger partial charge >= 0.3 is 0 Å². The molecule has 0 spiro atoms. The van der Waals surface area contributed by atoms with Crippen molar-refractivity contribution in [2.75, 3.05) is 13.2 Å². The van der Waals surface area contributed by atoms with Gasteiger partial charge in [-0.25, -0.2) is 4.98 Å². The number of para-hydroxylation sites is 1. The number of benzene rings is 1. The highest BCUT2D eigenvalue weighted by molar-refractivity contribution is 5.96. The van der Waals surface area contributed by atoms with Crippen LogP contribution in [0.5, 0.6) is 5.75 Å². The molecule has 0 aliphatic heterocycles. The van der Waals surface area contributed by atoms with Gasteiger partial charge in [-0.05, 0) is 51.0 Å². The monoisotopic (exact) mass is 381 g/mol. The molecule has 1 N–H and O–H groups in total. The number of imidazole rings is 1. The van der Waals surface area contributed by atoms with E-state index in [2.05, 4.69) is 10.3 Å². The maximum Gasteiger partial charge on any atom is 0.255 e. The van der Waals surface area contributed by atoms with Crippen LogP contribution >= 0.6 is 0 Å². The van der Waals surface area contributed by atoms with Gasteiger partial charge in [-0.2, -0.15) is 0 Å². The average molecular weight is 381 g/mol. The Bertz CT molecular complexity index is 934. The molecule has 0 unspecified atom stereocenters. The topological polar surface area (TPSA) is 64.9 Å². The molecular weight excluding hydrogens is 354 g/mol. The number of nitrogens with one attached hydrogen (secondary N) is 1. The molecule has 6 heteroatoms. The van der Waals surface area contributed by atoms with Gasteiger partial charge in [-0.1, -0.05) is 18.2 Å². The minimum atomic E-state index is -0.147. The highest BCUT2D eigenvalue weighted by Crippen LogP contribution is 2.19. The highest BCUT2D eigenvalue weighted by Gasteiger charge is 2.12. The van der Waals surface area contributed by atoms with Crippen LogP contribution in [0.3, 0.4) is 0 Å². The summed E-state index contributed by atoms with van der Waals surface area (Å²) in [5, 5.41) is 2.92. The van der Waals surface area contributed by atoms with E-state index in [1.54, 1.807) is 12.1 Å². The van der Waals surface area contributed by atoms with Crippen LogP contribution in [0.4, 0.5) is 0 Å². The van der Waals surface area contributed by atoms with Crippen molar-refractivity contribution in [3.8, 4) is 5.75 Å². The van der Waals surface area contributed by atoms with E-state index in [9.17, 15) is 4.79 Å². The van der Waals surface area contributed by atoms with Crippen molar-refractivity contribution in [3.05, 3.63) is 65.6 Å². The largest absolute Gasteiger partial charge is 0.486 e. The van der Waals surface area contributed by atoms with Gasteiger partial charge in [0.05, 0.1) is 17.4 Å². The van der Waals surface area contributed by atoms with E-state index < -0.39 is 0 Å². The summed E-state index contributed by atoms with van der Waals surface area (Å²) in [7, 11) is 0. The molecule has 0 bridgehead atoms. The molecule has 28 heavy (non-hydrogen) atoms. The summed E-state index contributed by atoms with van der Waals surface area (Å²) in [6, 6.07) is 11.3. The van der Waals surface area contributed by atoms with Crippen LogP contribution in [0, 0.1) is 6.92 Å². The Hall–Kier alpha value is -2.86. The summed E-state index contributed by atoms with van der Waals surface area (Å²) in [6.07, 6.45) is 4.94. The number of pyridine rings is 1. The number of nitrogens with zero attached hydrogens (tertiary/aromatic N) is 2. The maximum atomic E-state index is 12.5. The summed E-state index contributed by atoms with van der Waals surface area (Å²) in [5.41, 5.74) is 3.37. The number of carbonyl (C=O) groups excluding carboxylic acids is 1. The van der Waals surface area contributed by atoms with Crippen molar-refractivity contribution in [2.45, 2.75) is 39.9 Å². The lowest BCUT2D eigenvalue weighted by Crippen LogP contribution is -2.26. The predicted octanol–water partition coefficient (Wildman–Crippen LogP) is 3.77. The molecule has 0 aliphatic rings. The Labute approximate surface area is 165 Å². The first-order valence-electron chi connectivity index (χ1n) is 9.59. The first kappa shape index (κ1) is 19.9. The standard InChI is InChI=1S/C22H27N3O3/c1-16(2)27-12-6-11-23-22(26)19-7-4-5-8-20(19)28-15-18-14-25-13-17(3)9-10-21(25)24-18/h4-5,7-10,13-14,16H,6,11-12,15H2,1-3H3,(H,23,26). The number of amides is 1. The lowest BCUT2D eigenvalue weighted by atomic mass is 10.2. The van der Waals surface area contributed by atoms with E-state index in [4.69, 9.17) is 9.47 Å². The van der Waals surface area contributed by atoms with Gasteiger partial charge in [-0.3, -0.25) is 4.79 Å². The van der Waals surface area contributed by atoms with Gasteiger partial charge in [0.1, 0.15) is 18.0 Å². The molecule has 0 saturated carbocycles. The Kier molecular flexibility index (Phi) is 6.66. The number of rotatable bonds is 9. The molecule has 6 nitrogen and oxygen atoms in total. The molecule has 3 aromatic rings. The summed E-state index contributed by atoms with van der Waals surface area (Å²) in [5.74, 6) is 0.400. The zero-order chi connectivity index (χ0) is 19.9. The zero-order valence-electron chi connectivity index (χ0n) is 16.6. The molecule has 0 fully saturated rings. The van der Waals surface area contributed by atoms with Crippen LogP contribution in [0.25, 0.3) is 5.65 Å². The Morgan fingerprint density at radius 2 is 2.00 bits per heavy atom. The SMILES string of the molecule is Cc1ccc2nc(COc3ccccc3C(=O)NCCCOC(C)C)cn2c1. The van der Waals surface area contributed by atoms with E-state index in [1.807, 2.05) is 61.8 Å². The van der Waals surface area contributed by atoms with Crippen molar-refractivity contribution >= 4 is 11.6 Å². The van der Waals surface area contributed by atoms with E-state index in [1.165, 1.54) is 0 Å². The fourth-order valence-corrected chi connectivity index (χ4v) is 2.85. The fraction of sp³-hybridized carbons (Fsp3) is 0.364. The normalized spacial score (nSPS) is 11.1. The average Bonchev–Trinajstić information content (AvgIpc) is 3.08. The van der Waals surface area contributed by atoms with Crippen LogP contribution in [0.1, 0.15) is 41.9 Å². The van der Waals surface area contributed by atoms with E-state index in [-0.39, 0.29) is 12.0 Å². The number of ether oxygens (including phenoxy) is 2. The van der Waals surface area contributed by atoms with Crippen LogP contribution in [0.15, 0.2) is 48.8 Å². The molecule has 1 amide bonds. The van der Waals surface area contributed by atoms with E-state index >= 15 is 0 Å². The third-order valence-electron chi connectivity index (χ3n) is 4.21. The van der Waals surface area contributed by atoms with Gasteiger partial charge in [0.15, 0.2) is 0 Å². The first-order chi connectivity index (χ1) is 13.5. The van der Waals surface area contributed by atoms with Gasteiger partial charge < -0.3 is 19.2 Å². The number of hydrogen-bond acceptors (Lipinski definition) is 4. The molecule has 0 aliphatic carbocycles. The van der Waals surface area contributed by atoms with Crippen LogP contribution in [-0.2, 0) is 11.3 Å². The van der Waals surface area contributed by atoms with Gasteiger partial charge in [0.2, 0.25) is 0 Å². The summed E-state index contributed by atoms with van der Waals surface area (Å²) in [4.78, 5) is 17.1. The quantitative estimate of drug-likeness (QED) is 0.573. The molecule has 0 atom stereocenters. The Balaban J connectivity index is 1.59. The van der Waals surface area contributed by atoms with Crippen LogP contribution in [0.2, 0.25) is 0 Å². The summed E-state index contributed by atoms with van der Waals surface area (Å²) < 4.78 is 13.4. The molecular formula is C22H27N3O3. The minimum Gasteiger partial charge on any atom is -0.486 e. The molecule has 2 heterocycles. The van der Waals surface area contributed by atoms with Gasteiger partial charge in [-0.15, -0.1) is 0 Å². The smallest absolute Gasteiger partial charge is 0.255 e. The van der Waals surface area contributed by atoms with Gasteiger partial charge in [0, 0.05) is 25.5 Å². The lowest BCUT2D eigenvalue weighted by molar-refractivity contribution is 0.0756. The third kappa shape index (κ3) is 5.33. The Morgan fingerprint density at radius 3 is 2.82 bits per heavy atom. The maximum absolute atomic E-state index is 12.5. The van der Waals surface area contributed by atoms with E-state index in [0.29, 0.717) is 31.1 Å². The van der Waals surface area contributed by atoms with E-state index in [0.717, 1.165) is 23.3 Å². The van der Waals surface area contributed by atoms with Crippen LogP contribution in [-0.4, -0.2) is 34.5 Å². The number of hydrogen-bond donors (Lipinski definition) is 1. The molecule has 2 aromatic heterocycles. The fourth-order valence-electron chi connectivity index (χ4n) is 2.85. The van der Waals surface area contributed by atoms with Crippen LogP contribution < -0.4 is 10.1 Å².